The van der Waals surface area contributed by atoms with Crippen LogP contribution in [0.5, 0.6) is 5.75 Å². The third kappa shape index (κ3) is 2.59. The summed E-state index contributed by atoms with van der Waals surface area (Å²) >= 11 is 0. The van der Waals surface area contributed by atoms with E-state index in [0.717, 1.165) is 34.3 Å². The van der Waals surface area contributed by atoms with E-state index in [2.05, 4.69) is 15.2 Å². The van der Waals surface area contributed by atoms with Gasteiger partial charge in [-0.3, -0.25) is 9.78 Å². The van der Waals surface area contributed by atoms with Gasteiger partial charge < -0.3 is 15.0 Å². The van der Waals surface area contributed by atoms with Gasteiger partial charge in [0.1, 0.15) is 11.6 Å². The molecule has 0 spiro atoms. The van der Waals surface area contributed by atoms with E-state index < -0.39 is 0 Å². The van der Waals surface area contributed by atoms with Crippen molar-refractivity contribution in [1.82, 2.24) is 14.9 Å². The molecule has 1 aromatic carbocycles. The summed E-state index contributed by atoms with van der Waals surface area (Å²) in [5, 5.41) is 4.28. The first kappa shape index (κ1) is 16.5. The molecule has 6 nitrogen and oxygen atoms in total. The van der Waals surface area contributed by atoms with Gasteiger partial charge in [0, 0.05) is 48.1 Å². The van der Waals surface area contributed by atoms with Gasteiger partial charge in [-0.05, 0) is 37.9 Å². The Morgan fingerprint density at radius 1 is 1.15 bits per heavy atom. The average molecular weight is 348 g/mol. The number of anilines is 1. The predicted octanol–water partition coefficient (Wildman–Crippen LogP) is 2.82. The molecule has 6 heteroatoms. The van der Waals surface area contributed by atoms with E-state index in [-0.39, 0.29) is 5.78 Å². The minimum atomic E-state index is -0.0272. The standard InChI is InChI=1S/C20H20N4O2/c1-24(2)9-8-22-20-18-17(13-6-7-21-11-15(13)19(18)25)14-5-4-12(26-3)10-16(14)23-20/h4-7,10-11H,8-9H2,1-3H3,(H,22,23). The van der Waals surface area contributed by atoms with Crippen molar-refractivity contribution in [1.29, 1.82) is 0 Å². The second-order valence-corrected chi connectivity index (χ2v) is 6.57. The first-order valence-corrected chi connectivity index (χ1v) is 8.49. The Hall–Kier alpha value is -2.99. The molecule has 0 amide bonds. The summed E-state index contributed by atoms with van der Waals surface area (Å²) in [5.74, 6) is 1.33. The molecule has 1 aliphatic carbocycles. The maximum atomic E-state index is 13.0. The lowest BCUT2D eigenvalue weighted by atomic mass is 10.0. The summed E-state index contributed by atoms with van der Waals surface area (Å²) in [6, 6.07) is 7.66. The quantitative estimate of drug-likeness (QED) is 0.598. The van der Waals surface area contributed by atoms with Crippen LogP contribution in [0.3, 0.4) is 0 Å². The molecule has 0 saturated heterocycles. The van der Waals surface area contributed by atoms with Gasteiger partial charge in [0.05, 0.1) is 18.2 Å². The predicted molar refractivity (Wildman–Crippen MR) is 102 cm³/mol. The molecule has 0 bridgehead atoms. The number of hydrogen-bond acceptors (Lipinski definition) is 6. The molecule has 4 rings (SSSR count). The second-order valence-electron chi connectivity index (χ2n) is 6.57. The summed E-state index contributed by atoms with van der Waals surface area (Å²) in [6.07, 6.45) is 3.35. The van der Waals surface area contributed by atoms with Crippen LogP contribution in [0.1, 0.15) is 15.9 Å². The zero-order chi connectivity index (χ0) is 18.3. The lowest BCUT2D eigenvalue weighted by Crippen LogP contribution is -2.22. The third-order valence-electron chi connectivity index (χ3n) is 4.61. The Balaban J connectivity index is 1.94. The maximum absolute atomic E-state index is 13.0. The number of benzene rings is 1. The van der Waals surface area contributed by atoms with E-state index >= 15 is 0 Å². The summed E-state index contributed by atoms with van der Waals surface area (Å²) in [6.45, 7) is 1.54. The van der Waals surface area contributed by atoms with Crippen LogP contribution < -0.4 is 10.1 Å². The molecule has 3 aromatic rings. The van der Waals surface area contributed by atoms with E-state index in [1.54, 1.807) is 19.5 Å². The number of nitrogens with one attached hydrogen (secondary N) is 1. The molecule has 1 N–H and O–H groups in total. The molecule has 0 atom stereocenters. The Bertz CT molecular complexity index is 1010. The number of pyridine rings is 2. The fourth-order valence-electron chi connectivity index (χ4n) is 3.33. The van der Waals surface area contributed by atoms with Crippen molar-refractivity contribution in [2.24, 2.45) is 0 Å². The Kier molecular flexibility index (Phi) is 4.05. The van der Waals surface area contributed by atoms with E-state index in [4.69, 9.17) is 9.72 Å². The van der Waals surface area contributed by atoms with E-state index in [9.17, 15) is 4.79 Å². The highest BCUT2D eigenvalue weighted by molar-refractivity contribution is 6.27. The van der Waals surface area contributed by atoms with E-state index in [0.29, 0.717) is 23.5 Å². The fraction of sp³-hybridized carbons (Fsp3) is 0.250. The molecule has 0 aliphatic heterocycles. The van der Waals surface area contributed by atoms with Gasteiger partial charge in [0.15, 0.2) is 5.78 Å². The molecule has 0 saturated carbocycles. The van der Waals surface area contributed by atoms with Crippen LogP contribution in [0.4, 0.5) is 5.82 Å². The number of likely N-dealkylation sites (N-methyl/N-ethyl adjacent to an activating group) is 1. The number of carbonyl (C=O) groups excluding carboxylic acids is 1. The number of nitrogens with zero attached hydrogens (tertiary/aromatic N) is 3. The molecular formula is C20H20N4O2. The molecule has 0 radical (unpaired) electrons. The normalized spacial score (nSPS) is 12.4. The first-order chi connectivity index (χ1) is 12.6. The summed E-state index contributed by atoms with van der Waals surface area (Å²) in [5.41, 5.74) is 3.89. The monoisotopic (exact) mass is 348 g/mol. The third-order valence-corrected chi connectivity index (χ3v) is 4.61. The number of hydrogen-bond donors (Lipinski definition) is 1. The average Bonchev–Trinajstić information content (AvgIpc) is 2.95. The van der Waals surface area contributed by atoms with Gasteiger partial charge in [0.25, 0.3) is 0 Å². The molecule has 1 aliphatic rings. The van der Waals surface area contributed by atoms with Crippen LogP contribution in [-0.2, 0) is 0 Å². The van der Waals surface area contributed by atoms with Crippen LogP contribution in [0.25, 0.3) is 22.0 Å². The fourth-order valence-corrected chi connectivity index (χ4v) is 3.33. The van der Waals surface area contributed by atoms with Gasteiger partial charge >= 0.3 is 0 Å². The lowest BCUT2D eigenvalue weighted by Gasteiger charge is -2.15. The van der Waals surface area contributed by atoms with Gasteiger partial charge in [-0.1, -0.05) is 0 Å². The van der Waals surface area contributed by atoms with Crippen molar-refractivity contribution in [2.75, 3.05) is 39.6 Å². The zero-order valence-electron chi connectivity index (χ0n) is 15.0. The minimum Gasteiger partial charge on any atom is -0.497 e. The van der Waals surface area contributed by atoms with Crippen LogP contribution in [0.15, 0.2) is 36.7 Å². The number of aromatic nitrogens is 2. The molecule has 132 valence electrons. The van der Waals surface area contributed by atoms with Crippen molar-refractivity contribution >= 4 is 22.5 Å². The van der Waals surface area contributed by atoms with Crippen LogP contribution in [0.2, 0.25) is 0 Å². The number of methoxy groups -OCH3 is 1. The van der Waals surface area contributed by atoms with Crippen molar-refractivity contribution < 1.29 is 9.53 Å². The number of rotatable bonds is 5. The molecular weight excluding hydrogens is 328 g/mol. The van der Waals surface area contributed by atoms with Gasteiger partial charge in [-0.15, -0.1) is 0 Å². The molecule has 0 fully saturated rings. The van der Waals surface area contributed by atoms with Gasteiger partial charge in [-0.25, -0.2) is 4.98 Å². The number of ether oxygens (including phenoxy) is 1. The zero-order valence-corrected chi connectivity index (χ0v) is 15.0. The van der Waals surface area contributed by atoms with Gasteiger partial charge in [0.2, 0.25) is 0 Å². The Labute approximate surface area is 151 Å². The van der Waals surface area contributed by atoms with Gasteiger partial charge in [-0.2, -0.15) is 0 Å². The smallest absolute Gasteiger partial charge is 0.199 e. The Morgan fingerprint density at radius 2 is 2.00 bits per heavy atom. The van der Waals surface area contributed by atoms with Crippen molar-refractivity contribution in [2.45, 2.75) is 0 Å². The summed E-state index contributed by atoms with van der Waals surface area (Å²) < 4.78 is 5.34. The van der Waals surface area contributed by atoms with Crippen LogP contribution in [0, 0.1) is 0 Å². The maximum Gasteiger partial charge on any atom is 0.199 e. The molecule has 2 heterocycles. The summed E-state index contributed by atoms with van der Waals surface area (Å²) in [7, 11) is 5.66. The first-order valence-electron chi connectivity index (χ1n) is 8.49. The van der Waals surface area contributed by atoms with Crippen molar-refractivity contribution in [3.8, 4) is 16.9 Å². The highest BCUT2D eigenvalue weighted by Crippen LogP contribution is 2.43. The summed E-state index contributed by atoms with van der Waals surface area (Å²) in [4.78, 5) is 24.0. The number of ketones is 1. The van der Waals surface area contributed by atoms with Crippen molar-refractivity contribution in [3.63, 3.8) is 0 Å². The molecule has 26 heavy (non-hydrogen) atoms. The molecule has 2 aromatic heterocycles. The minimum absolute atomic E-state index is 0.0272. The largest absolute Gasteiger partial charge is 0.497 e. The van der Waals surface area contributed by atoms with E-state index in [1.807, 2.05) is 38.4 Å². The molecule has 0 unspecified atom stereocenters. The topological polar surface area (TPSA) is 67.3 Å². The number of fused-ring (bicyclic) bond motifs is 5. The SMILES string of the molecule is COc1ccc2c3c(c(NCCN(C)C)nc2c1)C(=O)c1cnccc1-3. The van der Waals surface area contributed by atoms with E-state index in [1.165, 1.54) is 0 Å². The number of carbonyl (C=O) groups is 1. The highest BCUT2D eigenvalue weighted by atomic mass is 16.5. The van der Waals surface area contributed by atoms with Crippen molar-refractivity contribution in [3.05, 3.63) is 47.8 Å². The Morgan fingerprint density at radius 3 is 2.77 bits per heavy atom. The lowest BCUT2D eigenvalue weighted by molar-refractivity contribution is 0.104. The van der Waals surface area contributed by atoms with Crippen LogP contribution in [-0.4, -0.2) is 54.9 Å². The van der Waals surface area contributed by atoms with Crippen LogP contribution >= 0.6 is 0 Å². The highest BCUT2D eigenvalue weighted by Gasteiger charge is 2.32. The second kappa shape index (κ2) is 6.38.